The molecule has 6 heteroatoms. The van der Waals surface area contributed by atoms with Gasteiger partial charge in [0, 0.05) is 15.6 Å². The number of hydrogen-bond donors (Lipinski definition) is 1. The molecule has 1 N–H and O–H groups in total. The van der Waals surface area contributed by atoms with Gasteiger partial charge in [0.1, 0.15) is 12.4 Å². The highest BCUT2D eigenvalue weighted by atomic mass is 32.1. The van der Waals surface area contributed by atoms with Crippen molar-refractivity contribution < 1.29 is 24.2 Å². The predicted octanol–water partition coefficient (Wildman–Crippen LogP) is 5.44. The molecule has 0 atom stereocenters. The number of rotatable bonds is 8. The molecule has 0 spiro atoms. The van der Waals surface area contributed by atoms with Gasteiger partial charge in [0.2, 0.25) is 0 Å². The lowest BCUT2D eigenvalue weighted by Crippen LogP contribution is -2.12. The van der Waals surface area contributed by atoms with Gasteiger partial charge in [0.05, 0.1) is 0 Å². The van der Waals surface area contributed by atoms with Gasteiger partial charge in [0.15, 0.2) is 23.0 Å². The molecule has 5 nitrogen and oxygen atoms in total. The smallest absolute Gasteiger partial charge is 0.349 e. The minimum atomic E-state index is -1.07. The molecule has 3 aromatic carbocycles. The molecule has 150 valence electrons. The van der Waals surface area contributed by atoms with Crippen molar-refractivity contribution in [2.75, 3.05) is 6.61 Å². The maximum Gasteiger partial charge on any atom is 0.349 e. The molecule has 0 saturated carbocycles. The molecule has 0 aliphatic heterocycles. The lowest BCUT2D eigenvalue weighted by molar-refractivity contribution is 0.0695. The SMILES string of the molecule is O=C(COc1c(C(=O)O)sc2ccccc12)c1ccc(OCc2ccccc2)cc1. The summed E-state index contributed by atoms with van der Waals surface area (Å²) in [6, 6.07) is 23.9. The Hall–Kier alpha value is -3.64. The fourth-order valence-electron chi connectivity index (χ4n) is 3.00. The molecule has 0 amide bonds. The first-order valence-corrected chi connectivity index (χ1v) is 10.1. The van der Waals surface area contributed by atoms with E-state index >= 15 is 0 Å². The molecule has 0 unspecified atom stereocenters. The van der Waals surface area contributed by atoms with Gasteiger partial charge in [-0.15, -0.1) is 11.3 Å². The molecule has 0 bridgehead atoms. The van der Waals surface area contributed by atoms with Crippen LogP contribution in [0.25, 0.3) is 10.1 Å². The summed E-state index contributed by atoms with van der Waals surface area (Å²) in [7, 11) is 0. The first-order chi connectivity index (χ1) is 14.6. The summed E-state index contributed by atoms with van der Waals surface area (Å²) in [6.45, 7) is 0.200. The van der Waals surface area contributed by atoms with Crippen molar-refractivity contribution in [3.05, 3.63) is 94.9 Å². The van der Waals surface area contributed by atoms with E-state index in [0.717, 1.165) is 21.6 Å². The summed E-state index contributed by atoms with van der Waals surface area (Å²) in [4.78, 5) is 24.2. The summed E-state index contributed by atoms with van der Waals surface area (Å²) in [5.41, 5.74) is 1.53. The zero-order valence-corrected chi connectivity index (χ0v) is 16.7. The number of ether oxygens (including phenoxy) is 2. The predicted molar refractivity (Wildman–Crippen MR) is 116 cm³/mol. The number of carboxylic acids is 1. The van der Waals surface area contributed by atoms with Crippen LogP contribution in [0.3, 0.4) is 0 Å². The van der Waals surface area contributed by atoms with Crippen LogP contribution in [-0.2, 0) is 6.61 Å². The van der Waals surface area contributed by atoms with E-state index in [9.17, 15) is 14.7 Å². The van der Waals surface area contributed by atoms with Gasteiger partial charge >= 0.3 is 5.97 Å². The lowest BCUT2D eigenvalue weighted by Gasteiger charge is -2.08. The van der Waals surface area contributed by atoms with Crippen molar-refractivity contribution in [2.45, 2.75) is 6.61 Å². The highest BCUT2D eigenvalue weighted by molar-refractivity contribution is 7.21. The van der Waals surface area contributed by atoms with Crippen molar-refractivity contribution in [3.8, 4) is 11.5 Å². The standard InChI is InChI=1S/C24H18O5S/c25-20(15-29-22-19-8-4-5-9-21(19)30-23(22)24(26)27)17-10-12-18(13-11-17)28-14-16-6-2-1-3-7-16/h1-13H,14-15H2,(H,26,27). The van der Waals surface area contributed by atoms with Gasteiger partial charge in [-0.1, -0.05) is 42.5 Å². The third-order valence-corrected chi connectivity index (χ3v) is 5.66. The summed E-state index contributed by atoms with van der Waals surface area (Å²) in [5, 5.41) is 10.1. The Morgan fingerprint density at radius 3 is 2.27 bits per heavy atom. The van der Waals surface area contributed by atoms with E-state index in [-0.39, 0.29) is 23.0 Å². The zero-order chi connectivity index (χ0) is 20.9. The summed E-state index contributed by atoms with van der Waals surface area (Å²) in [5.74, 6) is -0.414. The number of Topliss-reactive ketones (excluding diaryl/α,β-unsaturated/α-hetero) is 1. The van der Waals surface area contributed by atoms with Crippen molar-refractivity contribution in [1.82, 2.24) is 0 Å². The number of fused-ring (bicyclic) bond motifs is 1. The van der Waals surface area contributed by atoms with Crippen LogP contribution in [-0.4, -0.2) is 23.5 Å². The number of benzene rings is 3. The van der Waals surface area contributed by atoms with Crippen molar-refractivity contribution in [3.63, 3.8) is 0 Å². The van der Waals surface area contributed by atoms with Crippen LogP contribution >= 0.6 is 11.3 Å². The van der Waals surface area contributed by atoms with Crippen LogP contribution < -0.4 is 9.47 Å². The van der Waals surface area contributed by atoms with Crippen molar-refractivity contribution in [2.24, 2.45) is 0 Å². The second-order valence-corrected chi connectivity index (χ2v) is 7.62. The van der Waals surface area contributed by atoms with Crippen LogP contribution in [0.4, 0.5) is 0 Å². The first-order valence-electron chi connectivity index (χ1n) is 9.29. The van der Waals surface area contributed by atoms with Crippen LogP contribution in [0.1, 0.15) is 25.6 Å². The Labute approximate surface area is 177 Å². The van der Waals surface area contributed by atoms with Gasteiger partial charge in [-0.25, -0.2) is 4.79 Å². The third-order valence-electron chi connectivity index (χ3n) is 4.52. The molecule has 0 radical (unpaired) electrons. The van der Waals surface area contributed by atoms with E-state index in [4.69, 9.17) is 9.47 Å². The number of carbonyl (C=O) groups excluding carboxylic acids is 1. The molecule has 4 rings (SSSR count). The maximum absolute atomic E-state index is 12.5. The topological polar surface area (TPSA) is 72.8 Å². The van der Waals surface area contributed by atoms with Gasteiger partial charge < -0.3 is 14.6 Å². The molecule has 0 saturated heterocycles. The minimum absolute atomic E-state index is 0.0914. The molecule has 1 heterocycles. The van der Waals surface area contributed by atoms with E-state index in [1.54, 1.807) is 30.3 Å². The molecular formula is C24H18O5S. The molecule has 0 aliphatic rings. The number of thiophene rings is 1. The average molecular weight is 418 g/mol. The maximum atomic E-state index is 12.5. The fraction of sp³-hybridized carbons (Fsp3) is 0.0833. The Bertz CT molecular complexity index is 1180. The van der Waals surface area contributed by atoms with Gasteiger partial charge in [-0.2, -0.15) is 0 Å². The Morgan fingerprint density at radius 2 is 1.53 bits per heavy atom. The van der Waals surface area contributed by atoms with Gasteiger partial charge in [-0.3, -0.25) is 4.79 Å². The largest absolute Gasteiger partial charge is 0.489 e. The van der Waals surface area contributed by atoms with Crippen LogP contribution in [0.5, 0.6) is 11.5 Å². The lowest BCUT2D eigenvalue weighted by atomic mass is 10.1. The van der Waals surface area contributed by atoms with Gasteiger partial charge in [0.25, 0.3) is 0 Å². The summed E-state index contributed by atoms with van der Waals surface area (Å²) in [6.07, 6.45) is 0. The Morgan fingerprint density at radius 1 is 0.833 bits per heavy atom. The summed E-state index contributed by atoms with van der Waals surface area (Å²) >= 11 is 1.13. The second-order valence-electron chi connectivity index (χ2n) is 6.57. The molecule has 1 aromatic heterocycles. The molecular weight excluding hydrogens is 400 g/mol. The van der Waals surface area contributed by atoms with Gasteiger partial charge in [-0.05, 0) is 42.0 Å². The fourth-order valence-corrected chi connectivity index (χ4v) is 3.99. The molecule has 30 heavy (non-hydrogen) atoms. The van der Waals surface area contributed by atoms with Crippen LogP contribution in [0.2, 0.25) is 0 Å². The van der Waals surface area contributed by atoms with Crippen LogP contribution in [0.15, 0.2) is 78.9 Å². The van der Waals surface area contributed by atoms with Crippen molar-refractivity contribution in [1.29, 1.82) is 0 Å². The second kappa shape index (κ2) is 8.80. The molecule has 0 fully saturated rings. The highest BCUT2D eigenvalue weighted by Crippen LogP contribution is 2.37. The zero-order valence-electron chi connectivity index (χ0n) is 15.9. The quantitative estimate of drug-likeness (QED) is 0.386. The van der Waals surface area contributed by atoms with E-state index in [1.807, 2.05) is 48.5 Å². The monoisotopic (exact) mass is 418 g/mol. The van der Waals surface area contributed by atoms with E-state index < -0.39 is 5.97 Å². The Kier molecular flexibility index (Phi) is 5.77. The molecule has 0 aliphatic carbocycles. The Balaban J connectivity index is 1.42. The van der Waals surface area contributed by atoms with Crippen molar-refractivity contribution >= 4 is 33.2 Å². The number of hydrogen-bond acceptors (Lipinski definition) is 5. The summed E-state index contributed by atoms with van der Waals surface area (Å²) < 4.78 is 12.2. The van der Waals surface area contributed by atoms with E-state index in [1.165, 1.54) is 0 Å². The van der Waals surface area contributed by atoms with Crippen LogP contribution in [0, 0.1) is 0 Å². The third kappa shape index (κ3) is 4.34. The minimum Gasteiger partial charge on any atom is -0.489 e. The first kappa shape index (κ1) is 19.7. The highest BCUT2D eigenvalue weighted by Gasteiger charge is 2.20. The van der Waals surface area contributed by atoms with E-state index in [2.05, 4.69) is 0 Å². The number of carbonyl (C=O) groups is 2. The number of carboxylic acid groups (broad SMARTS) is 1. The van der Waals surface area contributed by atoms with E-state index in [0.29, 0.717) is 23.3 Å². The number of aromatic carboxylic acids is 1. The normalized spacial score (nSPS) is 10.7. The molecule has 4 aromatic rings. The number of ketones is 1. The average Bonchev–Trinajstić information content (AvgIpc) is 3.16.